The zero-order valence-electron chi connectivity index (χ0n) is 12.4. The number of aromatic hydroxyl groups is 1. The van der Waals surface area contributed by atoms with Gasteiger partial charge in [0.05, 0.1) is 5.56 Å². The lowest BCUT2D eigenvalue weighted by Gasteiger charge is -2.31. The molecule has 0 aromatic heterocycles. The number of piperidine rings is 1. The lowest BCUT2D eigenvalue weighted by atomic mass is 9.99. The van der Waals surface area contributed by atoms with E-state index in [0.29, 0.717) is 19.0 Å². The van der Waals surface area contributed by atoms with E-state index < -0.39 is 12.1 Å². The topological polar surface area (TPSA) is 66.8 Å². The third kappa shape index (κ3) is 3.97. The summed E-state index contributed by atoms with van der Waals surface area (Å²) in [5.74, 6) is -0.125. The van der Waals surface area contributed by atoms with Gasteiger partial charge in [0.1, 0.15) is 5.75 Å². The Labute approximate surface area is 124 Å². The van der Waals surface area contributed by atoms with Crippen molar-refractivity contribution < 1.29 is 19.4 Å². The molecule has 1 amide bonds. The van der Waals surface area contributed by atoms with Crippen molar-refractivity contribution in [2.24, 2.45) is 5.92 Å². The summed E-state index contributed by atoms with van der Waals surface area (Å²) in [7, 11) is 0. The molecule has 5 heteroatoms. The number of ether oxygens (including phenoxy) is 1. The molecule has 1 unspecified atom stereocenters. The van der Waals surface area contributed by atoms with E-state index in [2.05, 4.69) is 6.92 Å². The van der Waals surface area contributed by atoms with Gasteiger partial charge in [0.15, 0.2) is 6.10 Å². The van der Waals surface area contributed by atoms with E-state index >= 15 is 0 Å². The third-order valence-corrected chi connectivity index (χ3v) is 3.81. The molecule has 0 saturated carbocycles. The predicted molar refractivity (Wildman–Crippen MR) is 78.0 cm³/mol. The molecule has 0 aliphatic carbocycles. The molecular weight excluding hydrogens is 270 g/mol. The molecule has 2 rings (SSSR count). The molecule has 0 radical (unpaired) electrons. The molecule has 114 valence electrons. The van der Waals surface area contributed by atoms with Gasteiger partial charge in [0.2, 0.25) is 0 Å². The maximum Gasteiger partial charge on any atom is 0.339 e. The summed E-state index contributed by atoms with van der Waals surface area (Å²) in [6.45, 7) is 5.19. The summed E-state index contributed by atoms with van der Waals surface area (Å²) < 4.78 is 5.19. The molecule has 5 nitrogen and oxygen atoms in total. The highest BCUT2D eigenvalue weighted by molar-refractivity contribution is 5.92. The Morgan fingerprint density at radius 3 is 2.62 bits per heavy atom. The van der Waals surface area contributed by atoms with Gasteiger partial charge in [-0.05, 0) is 43.9 Å². The second-order valence-corrected chi connectivity index (χ2v) is 5.61. The van der Waals surface area contributed by atoms with Crippen LogP contribution in [0.2, 0.25) is 0 Å². The Morgan fingerprint density at radius 1 is 1.33 bits per heavy atom. The smallest absolute Gasteiger partial charge is 0.339 e. The molecule has 0 spiro atoms. The highest BCUT2D eigenvalue weighted by atomic mass is 16.5. The van der Waals surface area contributed by atoms with E-state index in [-0.39, 0.29) is 17.2 Å². The van der Waals surface area contributed by atoms with E-state index in [1.165, 1.54) is 12.1 Å². The van der Waals surface area contributed by atoms with Crippen molar-refractivity contribution in [3.8, 4) is 5.75 Å². The molecule has 1 aromatic carbocycles. The normalized spacial score (nSPS) is 17.3. The van der Waals surface area contributed by atoms with Crippen LogP contribution in [0.4, 0.5) is 0 Å². The van der Waals surface area contributed by atoms with E-state index in [1.807, 2.05) is 0 Å². The van der Waals surface area contributed by atoms with Crippen LogP contribution in [0.1, 0.15) is 37.0 Å². The van der Waals surface area contributed by atoms with Crippen molar-refractivity contribution in [2.45, 2.75) is 32.8 Å². The van der Waals surface area contributed by atoms with Gasteiger partial charge in [-0.25, -0.2) is 4.79 Å². The van der Waals surface area contributed by atoms with E-state index in [0.717, 1.165) is 12.8 Å². The first-order chi connectivity index (χ1) is 9.97. The molecular formula is C16H21NO4. The Morgan fingerprint density at radius 2 is 2.00 bits per heavy atom. The van der Waals surface area contributed by atoms with Crippen LogP contribution in [0.3, 0.4) is 0 Å². The zero-order chi connectivity index (χ0) is 15.4. The van der Waals surface area contributed by atoms with Crippen molar-refractivity contribution in [2.75, 3.05) is 13.1 Å². The molecule has 1 fully saturated rings. The average molecular weight is 291 g/mol. The number of hydrogen-bond acceptors (Lipinski definition) is 4. The summed E-state index contributed by atoms with van der Waals surface area (Å²) in [4.78, 5) is 25.9. The molecule has 1 heterocycles. The number of carbonyl (C=O) groups is 2. The van der Waals surface area contributed by atoms with Gasteiger partial charge >= 0.3 is 5.97 Å². The SMILES string of the molecule is CC1CCN(C(=O)C(C)OC(=O)c2cccc(O)c2)CC1. The predicted octanol–water partition coefficient (Wildman–Crippen LogP) is 2.20. The average Bonchev–Trinajstić information content (AvgIpc) is 2.47. The minimum atomic E-state index is -0.812. The van der Waals surface area contributed by atoms with Crippen LogP contribution in [0.5, 0.6) is 5.75 Å². The molecule has 1 aromatic rings. The maximum absolute atomic E-state index is 12.2. The fraction of sp³-hybridized carbons (Fsp3) is 0.500. The second kappa shape index (κ2) is 6.61. The quantitative estimate of drug-likeness (QED) is 0.867. The first-order valence-corrected chi connectivity index (χ1v) is 7.26. The summed E-state index contributed by atoms with van der Waals surface area (Å²) in [6.07, 6.45) is 1.16. The van der Waals surface area contributed by atoms with Gasteiger partial charge in [-0.3, -0.25) is 4.79 Å². The second-order valence-electron chi connectivity index (χ2n) is 5.61. The number of phenols is 1. The number of likely N-dealkylation sites (tertiary alicyclic amines) is 1. The monoisotopic (exact) mass is 291 g/mol. The molecule has 1 aliphatic rings. The van der Waals surface area contributed by atoms with Crippen LogP contribution < -0.4 is 0 Å². The Balaban J connectivity index is 1.93. The van der Waals surface area contributed by atoms with Crippen LogP contribution in [0.15, 0.2) is 24.3 Å². The first kappa shape index (κ1) is 15.4. The lowest BCUT2D eigenvalue weighted by Crippen LogP contribution is -2.44. The van der Waals surface area contributed by atoms with E-state index in [4.69, 9.17) is 4.74 Å². The summed E-state index contributed by atoms with van der Waals surface area (Å²) in [6, 6.07) is 5.90. The van der Waals surface area contributed by atoms with E-state index in [1.54, 1.807) is 24.0 Å². The van der Waals surface area contributed by atoms with Gasteiger partial charge in [-0.15, -0.1) is 0 Å². The highest BCUT2D eigenvalue weighted by Crippen LogP contribution is 2.18. The van der Waals surface area contributed by atoms with Crippen LogP contribution >= 0.6 is 0 Å². The van der Waals surface area contributed by atoms with Gasteiger partial charge in [-0.1, -0.05) is 13.0 Å². The Bertz CT molecular complexity index is 521. The zero-order valence-corrected chi connectivity index (χ0v) is 12.4. The maximum atomic E-state index is 12.2. The van der Waals surface area contributed by atoms with Crippen LogP contribution in [-0.4, -0.2) is 41.1 Å². The van der Waals surface area contributed by atoms with Crippen molar-refractivity contribution in [1.82, 2.24) is 4.90 Å². The standard InChI is InChI=1S/C16H21NO4/c1-11-6-8-17(9-7-11)15(19)12(2)21-16(20)13-4-3-5-14(18)10-13/h3-5,10-12,18H,6-9H2,1-2H3. The number of rotatable bonds is 3. The fourth-order valence-corrected chi connectivity index (χ4v) is 2.40. The number of phenolic OH excluding ortho intramolecular Hbond substituents is 1. The van der Waals surface area contributed by atoms with Crippen molar-refractivity contribution in [1.29, 1.82) is 0 Å². The molecule has 21 heavy (non-hydrogen) atoms. The molecule has 0 bridgehead atoms. The Kier molecular flexibility index (Phi) is 4.83. The third-order valence-electron chi connectivity index (χ3n) is 3.81. The van der Waals surface area contributed by atoms with Crippen LogP contribution in [0, 0.1) is 5.92 Å². The number of benzene rings is 1. The molecule has 1 saturated heterocycles. The summed E-state index contributed by atoms with van der Waals surface area (Å²) >= 11 is 0. The van der Waals surface area contributed by atoms with Crippen molar-refractivity contribution >= 4 is 11.9 Å². The largest absolute Gasteiger partial charge is 0.508 e. The first-order valence-electron chi connectivity index (χ1n) is 7.26. The van der Waals surface area contributed by atoms with E-state index in [9.17, 15) is 14.7 Å². The minimum Gasteiger partial charge on any atom is -0.508 e. The van der Waals surface area contributed by atoms with Crippen LogP contribution in [-0.2, 0) is 9.53 Å². The summed E-state index contributed by atoms with van der Waals surface area (Å²) in [5.41, 5.74) is 0.238. The number of amides is 1. The number of carbonyl (C=O) groups excluding carboxylic acids is 2. The van der Waals surface area contributed by atoms with Gasteiger partial charge in [0, 0.05) is 13.1 Å². The molecule has 1 atom stereocenters. The van der Waals surface area contributed by atoms with Gasteiger partial charge in [-0.2, -0.15) is 0 Å². The van der Waals surface area contributed by atoms with Gasteiger partial charge < -0.3 is 14.7 Å². The minimum absolute atomic E-state index is 0.00607. The highest BCUT2D eigenvalue weighted by Gasteiger charge is 2.27. The molecule has 1 N–H and O–H groups in total. The number of esters is 1. The van der Waals surface area contributed by atoms with Crippen molar-refractivity contribution in [3.05, 3.63) is 29.8 Å². The van der Waals surface area contributed by atoms with Crippen molar-refractivity contribution in [3.63, 3.8) is 0 Å². The summed E-state index contributed by atoms with van der Waals surface area (Å²) in [5, 5.41) is 9.35. The lowest BCUT2D eigenvalue weighted by molar-refractivity contribution is -0.141. The van der Waals surface area contributed by atoms with Gasteiger partial charge in [0.25, 0.3) is 5.91 Å². The number of nitrogens with zero attached hydrogens (tertiary/aromatic N) is 1. The molecule has 1 aliphatic heterocycles. The number of hydrogen-bond donors (Lipinski definition) is 1. The Hall–Kier alpha value is -2.04. The fourth-order valence-electron chi connectivity index (χ4n) is 2.40. The van der Waals surface area contributed by atoms with Crippen LogP contribution in [0.25, 0.3) is 0 Å².